The molecule has 0 aromatic heterocycles. The Labute approximate surface area is 149 Å². The Morgan fingerprint density at radius 1 is 1.40 bits per heavy atom. The molecule has 1 unspecified atom stereocenters. The first-order valence-corrected chi connectivity index (χ1v) is 8.46. The van der Waals surface area contributed by atoms with Crippen molar-refractivity contribution in [2.45, 2.75) is 25.0 Å². The first-order chi connectivity index (χ1) is 11.9. The van der Waals surface area contributed by atoms with Crippen molar-refractivity contribution in [3.05, 3.63) is 36.4 Å². The molecular formula is C19H28N2O4. The smallest absolute Gasteiger partial charge is 0.256 e. The van der Waals surface area contributed by atoms with E-state index in [-0.39, 0.29) is 5.91 Å². The van der Waals surface area contributed by atoms with Gasteiger partial charge in [0.05, 0.1) is 14.2 Å². The summed E-state index contributed by atoms with van der Waals surface area (Å²) in [7, 11) is 5.04. The molecule has 0 saturated carbocycles. The third-order valence-electron chi connectivity index (χ3n) is 4.52. The number of hydrogen-bond acceptors (Lipinski definition) is 5. The van der Waals surface area contributed by atoms with Gasteiger partial charge in [-0.25, -0.2) is 0 Å². The summed E-state index contributed by atoms with van der Waals surface area (Å²) in [6.45, 7) is 5.62. The number of methoxy groups -OCH3 is 2. The standard InChI is InChI=1S/C19H28N2O4/c1-5-11-20(2)14-19(23)10-7-12-21(18(19)22)13-15-8-6-9-16(24-3)17(15)25-4/h5-6,8-9,23H,1,7,10-14H2,2-4H3. The van der Waals surface area contributed by atoms with E-state index in [2.05, 4.69) is 6.58 Å². The number of rotatable bonds is 8. The molecular weight excluding hydrogens is 320 g/mol. The van der Waals surface area contributed by atoms with E-state index in [1.54, 1.807) is 25.2 Å². The normalized spacial score (nSPS) is 20.7. The first kappa shape index (κ1) is 19.3. The van der Waals surface area contributed by atoms with E-state index in [0.29, 0.717) is 44.1 Å². The zero-order valence-corrected chi connectivity index (χ0v) is 15.3. The molecule has 1 atom stereocenters. The molecule has 6 nitrogen and oxygen atoms in total. The van der Waals surface area contributed by atoms with Gasteiger partial charge in [-0.2, -0.15) is 0 Å². The van der Waals surface area contributed by atoms with Crippen molar-refractivity contribution < 1.29 is 19.4 Å². The molecule has 1 aromatic carbocycles. The number of benzene rings is 1. The Morgan fingerprint density at radius 3 is 2.80 bits per heavy atom. The van der Waals surface area contributed by atoms with Gasteiger partial charge in [0.1, 0.15) is 0 Å². The summed E-state index contributed by atoms with van der Waals surface area (Å²) < 4.78 is 10.8. The van der Waals surface area contributed by atoms with E-state index in [4.69, 9.17) is 9.47 Å². The lowest BCUT2D eigenvalue weighted by Gasteiger charge is -2.40. The molecule has 0 radical (unpaired) electrons. The first-order valence-electron chi connectivity index (χ1n) is 8.46. The highest BCUT2D eigenvalue weighted by Crippen LogP contribution is 2.33. The lowest BCUT2D eigenvalue weighted by atomic mass is 9.90. The molecule has 1 aliphatic rings. The number of aliphatic hydroxyl groups is 1. The predicted octanol–water partition coefficient (Wildman–Crippen LogP) is 1.68. The molecule has 25 heavy (non-hydrogen) atoms. The van der Waals surface area contributed by atoms with Crippen LogP contribution in [0.5, 0.6) is 11.5 Å². The van der Waals surface area contributed by atoms with Gasteiger partial charge in [0.2, 0.25) is 0 Å². The minimum Gasteiger partial charge on any atom is -0.493 e. The van der Waals surface area contributed by atoms with Gasteiger partial charge in [0.25, 0.3) is 5.91 Å². The molecule has 1 aromatic rings. The van der Waals surface area contributed by atoms with Crippen LogP contribution in [0, 0.1) is 0 Å². The molecule has 1 amide bonds. The molecule has 1 aliphatic heterocycles. The summed E-state index contributed by atoms with van der Waals surface area (Å²) in [4.78, 5) is 16.5. The fourth-order valence-electron chi connectivity index (χ4n) is 3.38. The maximum Gasteiger partial charge on any atom is 0.256 e. The fraction of sp³-hybridized carbons (Fsp3) is 0.526. The lowest BCUT2D eigenvalue weighted by molar-refractivity contribution is -0.159. The average Bonchev–Trinajstić information content (AvgIpc) is 2.59. The molecule has 1 N–H and O–H groups in total. The maximum atomic E-state index is 12.9. The van der Waals surface area contributed by atoms with Crippen LogP contribution in [0.25, 0.3) is 0 Å². The Kier molecular flexibility index (Phi) is 6.45. The second-order valence-corrected chi connectivity index (χ2v) is 6.50. The number of para-hydroxylation sites is 1. The Hall–Kier alpha value is -2.05. The fourth-order valence-corrected chi connectivity index (χ4v) is 3.38. The van der Waals surface area contributed by atoms with Gasteiger partial charge < -0.3 is 19.5 Å². The quantitative estimate of drug-likeness (QED) is 0.724. The zero-order valence-electron chi connectivity index (χ0n) is 15.3. The molecule has 1 fully saturated rings. The third kappa shape index (κ3) is 4.32. The number of likely N-dealkylation sites (tertiary alicyclic amines) is 1. The van der Waals surface area contributed by atoms with Gasteiger partial charge >= 0.3 is 0 Å². The maximum absolute atomic E-state index is 12.9. The number of nitrogens with zero attached hydrogens (tertiary/aromatic N) is 2. The summed E-state index contributed by atoms with van der Waals surface area (Å²) in [6.07, 6.45) is 2.99. The van der Waals surface area contributed by atoms with Crippen LogP contribution in [0.15, 0.2) is 30.9 Å². The van der Waals surface area contributed by atoms with Crippen molar-refractivity contribution in [3.8, 4) is 11.5 Å². The highest BCUT2D eigenvalue weighted by atomic mass is 16.5. The van der Waals surface area contributed by atoms with Crippen molar-refractivity contribution in [1.29, 1.82) is 0 Å². The minimum atomic E-state index is -1.36. The SMILES string of the molecule is C=CCN(C)CC1(O)CCCN(Cc2cccc(OC)c2OC)C1=O. The second-order valence-electron chi connectivity index (χ2n) is 6.50. The number of ether oxygens (including phenoxy) is 2. The largest absolute Gasteiger partial charge is 0.493 e. The number of piperidine rings is 1. The molecule has 1 saturated heterocycles. The zero-order chi connectivity index (χ0) is 18.4. The summed E-state index contributed by atoms with van der Waals surface area (Å²) >= 11 is 0. The van der Waals surface area contributed by atoms with Crippen LogP contribution in [-0.2, 0) is 11.3 Å². The van der Waals surface area contributed by atoms with E-state index in [1.165, 1.54) is 0 Å². The number of carbonyl (C=O) groups is 1. The van der Waals surface area contributed by atoms with Crippen LogP contribution in [0.1, 0.15) is 18.4 Å². The van der Waals surface area contributed by atoms with Gasteiger partial charge in [-0.3, -0.25) is 9.69 Å². The van der Waals surface area contributed by atoms with Crippen molar-refractivity contribution >= 4 is 5.91 Å². The Bertz CT molecular complexity index is 619. The van der Waals surface area contributed by atoms with Gasteiger partial charge in [0.15, 0.2) is 17.1 Å². The van der Waals surface area contributed by atoms with E-state index in [1.807, 2.05) is 30.1 Å². The molecule has 1 heterocycles. The van der Waals surface area contributed by atoms with Gasteiger partial charge in [-0.15, -0.1) is 6.58 Å². The van der Waals surface area contributed by atoms with Crippen LogP contribution in [0.2, 0.25) is 0 Å². The number of likely N-dealkylation sites (N-methyl/N-ethyl adjacent to an activating group) is 1. The molecule has 0 aliphatic carbocycles. The van der Waals surface area contributed by atoms with E-state index in [0.717, 1.165) is 12.0 Å². The highest BCUT2D eigenvalue weighted by Gasteiger charge is 2.42. The summed E-state index contributed by atoms with van der Waals surface area (Å²) in [5.41, 5.74) is -0.499. The van der Waals surface area contributed by atoms with Crippen LogP contribution in [0.4, 0.5) is 0 Å². The lowest BCUT2D eigenvalue weighted by Crippen LogP contribution is -2.57. The third-order valence-corrected chi connectivity index (χ3v) is 4.52. The Balaban J connectivity index is 2.18. The molecule has 0 spiro atoms. The topological polar surface area (TPSA) is 62.2 Å². The van der Waals surface area contributed by atoms with Crippen LogP contribution < -0.4 is 9.47 Å². The van der Waals surface area contributed by atoms with E-state index >= 15 is 0 Å². The van der Waals surface area contributed by atoms with Gasteiger partial charge in [-0.05, 0) is 26.0 Å². The summed E-state index contributed by atoms with van der Waals surface area (Å²) in [5, 5.41) is 10.9. The van der Waals surface area contributed by atoms with Crippen molar-refractivity contribution in [2.24, 2.45) is 0 Å². The molecule has 6 heteroatoms. The number of carbonyl (C=O) groups excluding carboxylic acids is 1. The Morgan fingerprint density at radius 2 is 2.16 bits per heavy atom. The van der Waals surface area contributed by atoms with Crippen LogP contribution in [-0.4, -0.2) is 67.3 Å². The minimum absolute atomic E-state index is 0.237. The summed E-state index contributed by atoms with van der Waals surface area (Å²) in [5.74, 6) is 1.01. The van der Waals surface area contributed by atoms with Crippen LogP contribution in [0.3, 0.4) is 0 Å². The monoisotopic (exact) mass is 348 g/mol. The van der Waals surface area contributed by atoms with Crippen LogP contribution >= 0.6 is 0 Å². The number of hydrogen-bond donors (Lipinski definition) is 1. The van der Waals surface area contributed by atoms with Gasteiger partial charge in [-0.1, -0.05) is 18.2 Å². The second kappa shape index (κ2) is 8.36. The molecule has 138 valence electrons. The highest BCUT2D eigenvalue weighted by molar-refractivity contribution is 5.86. The van der Waals surface area contributed by atoms with Crippen molar-refractivity contribution in [2.75, 3.05) is 40.9 Å². The molecule has 2 rings (SSSR count). The van der Waals surface area contributed by atoms with Crippen molar-refractivity contribution in [1.82, 2.24) is 9.80 Å². The predicted molar refractivity (Wildman–Crippen MR) is 96.8 cm³/mol. The number of amides is 1. The summed E-state index contributed by atoms with van der Waals surface area (Å²) in [6, 6.07) is 5.60. The van der Waals surface area contributed by atoms with Gasteiger partial charge in [0, 0.05) is 31.7 Å². The molecule has 0 bridgehead atoms. The average molecular weight is 348 g/mol. The van der Waals surface area contributed by atoms with E-state index in [9.17, 15) is 9.90 Å². The van der Waals surface area contributed by atoms with Crippen molar-refractivity contribution in [3.63, 3.8) is 0 Å². The van der Waals surface area contributed by atoms with E-state index < -0.39 is 5.60 Å².